The predicted octanol–water partition coefficient (Wildman–Crippen LogP) is 0.722. The highest BCUT2D eigenvalue weighted by Gasteiger charge is 2.28. The minimum Gasteiger partial charge on any atom is -0.312 e. The van der Waals surface area contributed by atoms with Crippen LogP contribution in [0.2, 0.25) is 0 Å². The maximum Gasteiger partial charge on any atom is 0.0858 e. The number of rotatable bonds is 2. The minimum absolute atomic E-state index is 0. The van der Waals surface area contributed by atoms with Crippen molar-refractivity contribution >= 4 is 12.4 Å². The second-order valence-electron chi connectivity index (χ2n) is 3.71. The second kappa shape index (κ2) is 3.27. The number of aromatic nitrogens is 3. The van der Waals surface area contributed by atoms with Crippen molar-refractivity contribution in [2.24, 2.45) is 0 Å². The lowest BCUT2D eigenvalue weighted by molar-refractivity contribution is 0.313. The molecule has 0 unspecified atom stereocenters. The van der Waals surface area contributed by atoms with Gasteiger partial charge < -0.3 is 5.32 Å². The quantitative estimate of drug-likeness (QED) is 0.765. The fourth-order valence-electron chi connectivity index (χ4n) is 1.50. The van der Waals surface area contributed by atoms with Crippen molar-refractivity contribution in [2.75, 3.05) is 13.1 Å². The molecule has 13 heavy (non-hydrogen) atoms. The predicted molar refractivity (Wildman–Crippen MR) is 51.2 cm³/mol. The van der Waals surface area contributed by atoms with Gasteiger partial charge in [0, 0.05) is 25.2 Å². The van der Waals surface area contributed by atoms with E-state index in [0.717, 1.165) is 19.0 Å². The van der Waals surface area contributed by atoms with Gasteiger partial charge in [0.2, 0.25) is 0 Å². The third-order valence-corrected chi connectivity index (χ3v) is 2.66. The van der Waals surface area contributed by atoms with Crippen LogP contribution in [0.1, 0.15) is 30.5 Å². The lowest BCUT2D eigenvalue weighted by atomic mass is 10.2. The summed E-state index contributed by atoms with van der Waals surface area (Å²) < 4.78 is 2.00. The number of nitrogens with zero attached hydrogens (tertiary/aromatic N) is 3. The molecule has 0 aromatic carbocycles. The molecule has 4 nitrogen and oxygen atoms in total. The molecule has 1 aliphatic carbocycles. The van der Waals surface area contributed by atoms with E-state index in [1.54, 1.807) is 0 Å². The molecular formula is C8H13ClN4. The summed E-state index contributed by atoms with van der Waals surface area (Å²) in [6.07, 6.45) is 4.73. The fourth-order valence-corrected chi connectivity index (χ4v) is 1.50. The standard InChI is InChI=1S/C8H12N4.ClH/c1-2-6(1)8-5-12(11-10-8)7-3-9-4-7;/h5-7,9H,1-4H2;1H. The Morgan fingerprint density at radius 2 is 2.15 bits per heavy atom. The minimum atomic E-state index is 0. The molecule has 0 radical (unpaired) electrons. The van der Waals surface area contributed by atoms with Crippen molar-refractivity contribution in [1.82, 2.24) is 20.3 Å². The van der Waals surface area contributed by atoms with Gasteiger partial charge in [-0.3, -0.25) is 0 Å². The topological polar surface area (TPSA) is 42.7 Å². The SMILES string of the molecule is Cl.c1c(C2CC2)nnn1C1CNC1. The zero-order valence-corrected chi connectivity index (χ0v) is 8.13. The van der Waals surface area contributed by atoms with Gasteiger partial charge in [-0.05, 0) is 12.8 Å². The first-order chi connectivity index (χ1) is 5.93. The molecule has 2 heterocycles. The van der Waals surface area contributed by atoms with Crippen LogP contribution in [0.25, 0.3) is 0 Å². The number of hydrogen-bond donors (Lipinski definition) is 1. The lowest BCUT2D eigenvalue weighted by Gasteiger charge is -2.26. The van der Waals surface area contributed by atoms with Crippen LogP contribution in [0.5, 0.6) is 0 Å². The number of hydrogen-bond acceptors (Lipinski definition) is 3. The highest BCUT2D eigenvalue weighted by atomic mass is 35.5. The smallest absolute Gasteiger partial charge is 0.0858 e. The highest BCUT2D eigenvalue weighted by Crippen LogP contribution is 2.38. The van der Waals surface area contributed by atoms with Gasteiger partial charge in [0.25, 0.3) is 0 Å². The summed E-state index contributed by atoms with van der Waals surface area (Å²) >= 11 is 0. The van der Waals surface area contributed by atoms with Crippen LogP contribution < -0.4 is 5.32 Å². The Labute approximate surface area is 83.1 Å². The fraction of sp³-hybridized carbons (Fsp3) is 0.750. The number of halogens is 1. The first-order valence-electron chi connectivity index (χ1n) is 4.56. The first kappa shape index (κ1) is 8.97. The first-order valence-corrected chi connectivity index (χ1v) is 4.56. The summed E-state index contributed by atoms with van der Waals surface area (Å²) in [7, 11) is 0. The summed E-state index contributed by atoms with van der Waals surface area (Å²) in [5, 5.41) is 11.5. The molecule has 72 valence electrons. The molecule has 3 rings (SSSR count). The van der Waals surface area contributed by atoms with Crippen LogP contribution in [0.15, 0.2) is 6.20 Å². The van der Waals surface area contributed by atoms with E-state index >= 15 is 0 Å². The maximum atomic E-state index is 4.17. The Balaban J connectivity index is 0.000000653. The van der Waals surface area contributed by atoms with E-state index in [-0.39, 0.29) is 12.4 Å². The Bertz CT molecular complexity index is 290. The van der Waals surface area contributed by atoms with Crippen LogP contribution in [-0.4, -0.2) is 28.1 Å². The Kier molecular flexibility index (Phi) is 2.26. The molecule has 0 atom stereocenters. The average molecular weight is 201 g/mol. The van der Waals surface area contributed by atoms with Crippen molar-refractivity contribution in [3.8, 4) is 0 Å². The van der Waals surface area contributed by atoms with Gasteiger partial charge in [-0.15, -0.1) is 17.5 Å². The van der Waals surface area contributed by atoms with E-state index < -0.39 is 0 Å². The molecule has 1 saturated heterocycles. The Hall–Kier alpha value is -0.610. The van der Waals surface area contributed by atoms with E-state index in [0.29, 0.717) is 6.04 Å². The third kappa shape index (κ3) is 1.56. The van der Waals surface area contributed by atoms with E-state index in [4.69, 9.17) is 0 Å². The van der Waals surface area contributed by atoms with Crippen molar-refractivity contribution < 1.29 is 0 Å². The summed E-state index contributed by atoms with van der Waals surface area (Å²) in [6.45, 7) is 2.10. The van der Waals surface area contributed by atoms with E-state index in [1.165, 1.54) is 18.5 Å². The molecule has 0 spiro atoms. The van der Waals surface area contributed by atoms with Crippen LogP contribution in [0, 0.1) is 0 Å². The largest absolute Gasteiger partial charge is 0.312 e. The van der Waals surface area contributed by atoms with Gasteiger partial charge in [0.1, 0.15) is 0 Å². The van der Waals surface area contributed by atoms with Crippen molar-refractivity contribution in [3.63, 3.8) is 0 Å². The van der Waals surface area contributed by atoms with E-state index in [1.807, 2.05) is 4.68 Å². The molecule has 2 fully saturated rings. The van der Waals surface area contributed by atoms with Crippen LogP contribution in [-0.2, 0) is 0 Å². The normalized spacial score (nSPS) is 22.2. The molecule has 1 N–H and O–H groups in total. The molecular weight excluding hydrogens is 188 g/mol. The molecule has 5 heteroatoms. The summed E-state index contributed by atoms with van der Waals surface area (Å²) in [6, 6.07) is 0.560. The molecule has 1 aromatic heterocycles. The molecule has 1 aliphatic heterocycles. The van der Waals surface area contributed by atoms with Gasteiger partial charge in [0.15, 0.2) is 0 Å². The second-order valence-corrected chi connectivity index (χ2v) is 3.71. The molecule has 1 saturated carbocycles. The molecule has 1 aromatic rings. The Morgan fingerprint density at radius 1 is 1.38 bits per heavy atom. The molecule has 2 aliphatic rings. The van der Waals surface area contributed by atoms with Gasteiger partial charge in [-0.2, -0.15) is 0 Å². The monoisotopic (exact) mass is 200 g/mol. The third-order valence-electron chi connectivity index (χ3n) is 2.66. The van der Waals surface area contributed by atoms with Gasteiger partial charge >= 0.3 is 0 Å². The van der Waals surface area contributed by atoms with Crippen LogP contribution in [0.3, 0.4) is 0 Å². The van der Waals surface area contributed by atoms with Gasteiger partial charge in [-0.25, -0.2) is 4.68 Å². The van der Waals surface area contributed by atoms with Gasteiger partial charge in [0.05, 0.1) is 11.7 Å². The summed E-state index contributed by atoms with van der Waals surface area (Å²) in [5.41, 5.74) is 1.20. The Morgan fingerprint density at radius 3 is 2.69 bits per heavy atom. The summed E-state index contributed by atoms with van der Waals surface area (Å²) in [5.74, 6) is 0.729. The maximum absolute atomic E-state index is 4.17. The zero-order valence-electron chi connectivity index (χ0n) is 7.31. The van der Waals surface area contributed by atoms with Crippen molar-refractivity contribution in [2.45, 2.75) is 24.8 Å². The zero-order chi connectivity index (χ0) is 7.97. The van der Waals surface area contributed by atoms with Crippen LogP contribution in [0.4, 0.5) is 0 Å². The van der Waals surface area contributed by atoms with Crippen molar-refractivity contribution in [1.29, 1.82) is 0 Å². The van der Waals surface area contributed by atoms with E-state index in [9.17, 15) is 0 Å². The van der Waals surface area contributed by atoms with Crippen molar-refractivity contribution in [3.05, 3.63) is 11.9 Å². The van der Waals surface area contributed by atoms with Gasteiger partial charge in [-0.1, -0.05) is 5.21 Å². The highest BCUT2D eigenvalue weighted by molar-refractivity contribution is 5.85. The van der Waals surface area contributed by atoms with E-state index in [2.05, 4.69) is 21.8 Å². The van der Waals surface area contributed by atoms with Crippen LogP contribution >= 0.6 is 12.4 Å². The average Bonchev–Trinajstić information content (AvgIpc) is 2.70. The molecule has 0 amide bonds. The number of nitrogens with one attached hydrogen (secondary N) is 1. The lowest BCUT2D eigenvalue weighted by Crippen LogP contribution is -2.43. The summed E-state index contributed by atoms with van der Waals surface area (Å²) in [4.78, 5) is 0. The molecule has 0 bridgehead atoms.